The van der Waals surface area contributed by atoms with E-state index in [-0.39, 0.29) is 17.0 Å². The maximum atomic E-state index is 11.8. The number of hydrogen-bond donors (Lipinski definition) is 1. The zero-order valence-electron chi connectivity index (χ0n) is 11.2. The van der Waals surface area contributed by atoms with Gasteiger partial charge < -0.3 is 4.74 Å². The maximum absolute atomic E-state index is 11.8. The van der Waals surface area contributed by atoms with Gasteiger partial charge in [0.2, 0.25) is 0 Å². The Kier molecular flexibility index (Phi) is 4.44. The fourth-order valence-corrected chi connectivity index (χ4v) is 1.23. The van der Waals surface area contributed by atoms with E-state index in [1.165, 1.54) is 19.2 Å². The van der Waals surface area contributed by atoms with Crippen molar-refractivity contribution in [3.8, 4) is 5.75 Å². The number of carbonyl (C=O) groups excluding carboxylic acids is 1. The lowest BCUT2D eigenvalue weighted by Crippen LogP contribution is -2.33. The van der Waals surface area contributed by atoms with Crippen LogP contribution in [0.4, 0.5) is 5.69 Å². The van der Waals surface area contributed by atoms with Crippen molar-refractivity contribution < 1.29 is 19.3 Å². The quantitative estimate of drug-likeness (QED) is 0.666. The third-order valence-corrected chi connectivity index (χ3v) is 2.09. The van der Waals surface area contributed by atoms with Gasteiger partial charge in [0.1, 0.15) is 0 Å². The second-order valence-electron chi connectivity index (χ2n) is 4.79. The number of methoxy groups -OCH3 is 1. The van der Waals surface area contributed by atoms with Gasteiger partial charge in [0, 0.05) is 11.6 Å². The Labute approximate surface area is 110 Å². The van der Waals surface area contributed by atoms with Crippen LogP contribution in [-0.2, 0) is 4.84 Å². The highest BCUT2D eigenvalue weighted by Crippen LogP contribution is 2.27. The van der Waals surface area contributed by atoms with Crippen molar-refractivity contribution in [3.63, 3.8) is 0 Å². The standard InChI is InChI=1S/C12H16N2O5/c1-12(2,3)19-13-11(15)8-5-6-10(18-4)9(7-8)14(16)17/h5-7H,1-4H3,(H,13,15). The summed E-state index contributed by atoms with van der Waals surface area (Å²) in [4.78, 5) is 27.1. The molecule has 104 valence electrons. The summed E-state index contributed by atoms with van der Waals surface area (Å²) in [5.41, 5.74) is 1.54. The lowest BCUT2D eigenvalue weighted by atomic mass is 10.2. The molecule has 7 nitrogen and oxygen atoms in total. The highest BCUT2D eigenvalue weighted by molar-refractivity contribution is 5.94. The Hall–Kier alpha value is -2.15. The van der Waals surface area contributed by atoms with Gasteiger partial charge in [-0.25, -0.2) is 5.48 Å². The van der Waals surface area contributed by atoms with Crippen LogP contribution in [0.15, 0.2) is 18.2 Å². The summed E-state index contributed by atoms with van der Waals surface area (Å²) in [5, 5.41) is 10.8. The molecule has 0 fully saturated rings. The van der Waals surface area contributed by atoms with Gasteiger partial charge in [-0.15, -0.1) is 0 Å². The van der Waals surface area contributed by atoms with Crippen molar-refractivity contribution in [2.75, 3.05) is 7.11 Å². The van der Waals surface area contributed by atoms with Crippen molar-refractivity contribution in [2.45, 2.75) is 26.4 Å². The molecule has 0 spiro atoms. The van der Waals surface area contributed by atoms with Crippen LogP contribution in [0.2, 0.25) is 0 Å². The zero-order chi connectivity index (χ0) is 14.6. The first-order valence-electron chi connectivity index (χ1n) is 5.55. The van der Waals surface area contributed by atoms with Crippen molar-refractivity contribution in [2.24, 2.45) is 0 Å². The molecule has 0 aromatic heterocycles. The van der Waals surface area contributed by atoms with E-state index in [0.717, 1.165) is 6.07 Å². The van der Waals surface area contributed by atoms with Crippen LogP contribution in [0, 0.1) is 10.1 Å². The molecule has 0 aliphatic rings. The molecule has 0 aliphatic heterocycles. The molecule has 0 bridgehead atoms. The topological polar surface area (TPSA) is 90.7 Å². The van der Waals surface area contributed by atoms with Gasteiger partial charge in [-0.3, -0.25) is 19.7 Å². The first-order chi connectivity index (χ1) is 8.74. The monoisotopic (exact) mass is 268 g/mol. The van der Waals surface area contributed by atoms with Crippen molar-refractivity contribution in [1.29, 1.82) is 0 Å². The third-order valence-electron chi connectivity index (χ3n) is 2.09. The van der Waals surface area contributed by atoms with Gasteiger partial charge in [0.05, 0.1) is 17.6 Å². The molecule has 7 heteroatoms. The number of benzene rings is 1. The fraction of sp³-hybridized carbons (Fsp3) is 0.417. The van der Waals surface area contributed by atoms with E-state index in [1.807, 2.05) is 0 Å². The Morgan fingerprint density at radius 1 is 1.37 bits per heavy atom. The number of hydroxylamine groups is 1. The van der Waals surface area contributed by atoms with Crippen LogP contribution in [0.25, 0.3) is 0 Å². The van der Waals surface area contributed by atoms with Crippen LogP contribution in [0.1, 0.15) is 31.1 Å². The van der Waals surface area contributed by atoms with E-state index in [0.29, 0.717) is 0 Å². The maximum Gasteiger partial charge on any atom is 0.311 e. The average molecular weight is 268 g/mol. The molecule has 0 unspecified atom stereocenters. The highest BCUT2D eigenvalue weighted by atomic mass is 16.7. The first-order valence-corrected chi connectivity index (χ1v) is 5.55. The molecule has 0 radical (unpaired) electrons. The fourth-order valence-electron chi connectivity index (χ4n) is 1.23. The Morgan fingerprint density at radius 3 is 2.47 bits per heavy atom. The van der Waals surface area contributed by atoms with Crippen LogP contribution in [-0.4, -0.2) is 23.5 Å². The van der Waals surface area contributed by atoms with Crippen LogP contribution >= 0.6 is 0 Å². The molecular weight excluding hydrogens is 252 g/mol. The van der Waals surface area contributed by atoms with Crippen LogP contribution < -0.4 is 10.2 Å². The molecule has 1 aromatic rings. The SMILES string of the molecule is COc1ccc(C(=O)NOC(C)(C)C)cc1[N+](=O)[O-]. The van der Waals surface area contributed by atoms with Gasteiger partial charge in [-0.05, 0) is 32.9 Å². The molecule has 19 heavy (non-hydrogen) atoms. The summed E-state index contributed by atoms with van der Waals surface area (Å²) >= 11 is 0. The number of amides is 1. The second kappa shape index (κ2) is 5.66. The number of nitrogens with zero attached hydrogens (tertiary/aromatic N) is 1. The van der Waals surface area contributed by atoms with Crippen molar-refractivity contribution >= 4 is 11.6 Å². The van der Waals surface area contributed by atoms with E-state index < -0.39 is 16.4 Å². The normalized spacial score (nSPS) is 10.9. The lowest BCUT2D eigenvalue weighted by molar-refractivity contribution is -0.385. The number of nitro benzene ring substituents is 1. The lowest BCUT2D eigenvalue weighted by Gasteiger charge is -2.18. The molecule has 1 aromatic carbocycles. The Balaban J connectivity index is 2.93. The minimum absolute atomic E-state index is 0.0956. The number of ether oxygens (including phenoxy) is 1. The molecule has 0 aliphatic carbocycles. The van der Waals surface area contributed by atoms with E-state index in [4.69, 9.17) is 9.57 Å². The first kappa shape index (κ1) is 14.9. The number of nitro groups is 1. The molecule has 1 rings (SSSR count). The number of rotatable bonds is 4. The van der Waals surface area contributed by atoms with Gasteiger partial charge >= 0.3 is 5.69 Å². The van der Waals surface area contributed by atoms with Gasteiger partial charge in [-0.1, -0.05) is 0 Å². The number of nitrogens with one attached hydrogen (secondary N) is 1. The number of carbonyl (C=O) groups is 1. The summed E-state index contributed by atoms with van der Waals surface area (Å²) in [6.07, 6.45) is 0. The predicted octanol–water partition coefficient (Wildman–Crippen LogP) is 2.06. The minimum atomic E-state index is -0.611. The molecular formula is C12H16N2O5. The molecule has 0 heterocycles. The van der Waals surface area contributed by atoms with Gasteiger partial charge in [0.25, 0.3) is 5.91 Å². The molecule has 1 amide bonds. The Bertz CT molecular complexity index is 493. The van der Waals surface area contributed by atoms with Crippen LogP contribution in [0.5, 0.6) is 5.75 Å². The highest BCUT2D eigenvalue weighted by Gasteiger charge is 2.19. The smallest absolute Gasteiger partial charge is 0.311 e. The third kappa shape index (κ3) is 4.22. The van der Waals surface area contributed by atoms with E-state index >= 15 is 0 Å². The predicted molar refractivity (Wildman–Crippen MR) is 68.0 cm³/mol. The van der Waals surface area contributed by atoms with Crippen molar-refractivity contribution in [1.82, 2.24) is 5.48 Å². The molecule has 0 saturated heterocycles. The number of hydrogen-bond acceptors (Lipinski definition) is 5. The average Bonchev–Trinajstić information content (AvgIpc) is 2.34. The van der Waals surface area contributed by atoms with Crippen molar-refractivity contribution in [3.05, 3.63) is 33.9 Å². The van der Waals surface area contributed by atoms with Crippen LogP contribution in [0.3, 0.4) is 0 Å². The summed E-state index contributed by atoms with van der Waals surface area (Å²) < 4.78 is 4.85. The van der Waals surface area contributed by atoms with Gasteiger partial charge in [0.15, 0.2) is 5.75 Å². The minimum Gasteiger partial charge on any atom is -0.490 e. The zero-order valence-corrected chi connectivity index (χ0v) is 11.2. The summed E-state index contributed by atoms with van der Waals surface area (Å²) in [7, 11) is 1.32. The summed E-state index contributed by atoms with van der Waals surface area (Å²) in [6.45, 7) is 5.30. The van der Waals surface area contributed by atoms with Gasteiger partial charge in [-0.2, -0.15) is 0 Å². The molecule has 0 atom stereocenters. The van der Waals surface area contributed by atoms with E-state index in [9.17, 15) is 14.9 Å². The van der Waals surface area contributed by atoms with E-state index in [1.54, 1.807) is 20.8 Å². The van der Waals surface area contributed by atoms with E-state index in [2.05, 4.69) is 5.48 Å². The molecule has 0 saturated carbocycles. The molecule has 1 N–H and O–H groups in total. The second-order valence-corrected chi connectivity index (χ2v) is 4.79. The summed E-state index contributed by atoms with van der Waals surface area (Å²) in [6, 6.07) is 3.93. The largest absolute Gasteiger partial charge is 0.490 e. The Morgan fingerprint density at radius 2 is 2.00 bits per heavy atom. The summed E-state index contributed by atoms with van der Waals surface area (Å²) in [5.74, 6) is -0.459.